The second-order valence-electron chi connectivity index (χ2n) is 13.3. The summed E-state index contributed by atoms with van der Waals surface area (Å²) < 4.78 is 16.3. The van der Waals surface area contributed by atoms with Crippen molar-refractivity contribution in [1.29, 1.82) is 0 Å². The molecule has 0 radical (unpaired) electrons. The SMILES string of the molecule is CC[C@@H]1C[C@@H](CN)CN(Cc2cc(O)c3c(c2F)C[C@H]2C[C@H]4[C@H](N(CN)C(C)C)C(=O)C(C(N)=O)=C(O)[C@@]4(O)C(=O)C2=C3O)C1. The van der Waals surface area contributed by atoms with Gasteiger partial charge in [0.15, 0.2) is 11.4 Å². The maximum atomic E-state index is 16.3. The quantitative estimate of drug-likeness (QED) is 0.159. The molecule has 4 aliphatic rings. The lowest BCUT2D eigenvalue weighted by Crippen LogP contribution is -2.67. The number of phenolic OH excluding ortho intramolecular Hbond substituents is 1. The number of hydrogen-bond donors (Lipinski definition) is 7. The molecule has 2 fully saturated rings. The van der Waals surface area contributed by atoms with Crippen LogP contribution in [0.1, 0.15) is 56.7 Å². The van der Waals surface area contributed by atoms with Crippen LogP contribution in [0, 0.1) is 29.5 Å². The minimum absolute atomic E-state index is 0.0183. The number of benzene rings is 1. The van der Waals surface area contributed by atoms with Crippen molar-refractivity contribution in [2.45, 2.75) is 70.7 Å². The molecule has 1 aliphatic heterocycles. The Kier molecular flexibility index (Phi) is 8.88. The number of phenols is 1. The normalized spacial score (nSPS) is 30.6. The van der Waals surface area contributed by atoms with Crippen molar-refractivity contribution in [3.63, 3.8) is 0 Å². The molecule has 5 rings (SSSR count). The summed E-state index contributed by atoms with van der Waals surface area (Å²) in [5.74, 6) is -7.85. The highest BCUT2D eigenvalue weighted by atomic mass is 19.1. The molecule has 0 spiro atoms. The summed E-state index contributed by atoms with van der Waals surface area (Å²) in [5, 5.41) is 45.5. The van der Waals surface area contributed by atoms with Crippen molar-refractivity contribution in [3.8, 4) is 5.75 Å². The van der Waals surface area contributed by atoms with Crippen LogP contribution >= 0.6 is 0 Å². The summed E-state index contributed by atoms with van der Waals surface area (Å²) in [6, 6.07) is -0.464. The molecule has 13 heteroatoms. The van der Waals surface area contributed by atoms with E-state index < -0.39 is 69.6 Å². The average Bonchev–Trinajstić information content (AvgIpc) is 2.98. The molecule has 1 aromatic rings. The molecule has 1 saturated carbocycles. The molecule has 1 amide bonds. The van der Waals surface area contributed by atoms with Gasteiger partial charge in [0.05, 0.1) is 11.6 Å². The van der Waals surface area contributed by atoms with E-state index in [1.165, 1.54) is 11.0 Å². The number of carbonyl (C=O) groups excluding carboxylic acids is 3. The third kappa shape index (κ3) is 5.14. The van der Waals surface area contributed by atoms with Crippen LogP contribution in [0.25, 0.3) is 5.76 Å². The molecule has 1 aromatic carbocycles. The fourth-order valence-electron chi connectivity index (χ4n) is 8.16. The van der Waals surface area contributed by atoms with Crippen molar-refractivity contribution in [2.24, 2.45) is 40.9 Å². The predicted octanol–water partition coefficient (Wildman–Crippen LogP) is 0.975. The van der Waals surface area contributed by atoms with Crippen LogP contribution in [-0.2, 0) is 27.3 Å². The van der Waals surface area contributed by atoms with Crippen molar-refractivity contribution in [2.75, 3.05) is 26.3 Å². The first kappa shape index (κ1) is 33.0. The number of aromatic hydroxyl groups is 1. The van der Waals surface area contributed by atoms with E-state index in [9.17, 15) is 34.8 Å². The number of ketones is 2. The van der Waals surface area contributed by atoms with Crippen LogP contribution in [0.3, 0.4) is 0 Å². The number of Topliss-reactive ketones (excluding diaryl/α,β-unsaturated/α-hetero) is 2. The predicted molar refractivity (Wildman–Crippen MR) is 163 cm³/mol. The van der Waals surface area contributed by atoms with Crippen LogP contribution < -0.4 is 17.2 Å². The molecule has 45 heavy (non-hydrogen) atoms. The van der Waals surface area contributed by atoms with Gasteiger partial charge in [-0.1, -0.05) is 13.3 Å². The Morgan fingerprint density at radius 3 is 2.40 bits per heavy atom. The standard InChI is InChI=1S/C32H44FN5O7/c1-4-15-5-16(9-34)11-37(10-15)12-18-8-21(39)23-19(25(18)33)6-17-7-20-26(38(13-35)14(2)3)28(41)24(31(36)44)30(43)32(20,45)29(42)22(17)27(23)40/h8,14-17,20,26,39-40,43,45H,4-7,9-13,34-35H2,1-3H3,(H2,36,44)/t15-,16+,17+,20+,26+,32+/m1/s1. The molecule has 3 aliphatic carbocycles. The summed E-state index contributed by atoms with van der Waals surface area (Å²) in [5.41, 5.74) is 13.3. The van der Waals surface area contributed by atoms with Crippen LogP contribution in [0.2, 0.25) is 0 Å². The maximum absolute atomic E-state index is 16.3. The third-order valence-corrected chi connectivity index (χ3v) is 10.4. The van der Waals surface area contributed by atoms with Gasteiger partial charge in [-0.15, -0.1) is 0 Å². The highest BCUT2D eigenvalue weighted by Crippen LogP contribution is 2.53. The molecular weight excluding hydrogens is 585 g/mol. The van der Waals surface area contributed by atoms with E-state index in [0.717, 1.165) is 19.4 Å². The lowest BCUT2D eigenvalue weighted by atomic mass is 9.57. The number of fused-ring (bicyclic) bond motifs is 3. The number of piperidine rings is 1. The second kappa shape index (κ2) is 12.1. The number of amides is 1. The molecule has 246 valence electrons. The Morgan fingerprint density at radius 1 is 1.16 bits per heavy atom. The minimum Gasteiger partial charge on any atom is -0.508 e. The van der Waals surface area contributed by atoms with E-state index in [-0.39, 0.29) is 60.3 Å². The molecule has 1 saturated heterocycles. The number of halogens is 1. The topological polar surface area (TPSA) is 217 Å². The van der Waals surface area contributed by atoms with E-state index in [1.807, 2.05) is 0 Å². The molecule has 6 atom stereocenters. The highest BCUT2D eigenvalue weighted by Gasteiger charge is 2.64. The van der Waals surface area contributed by atoms with Crippen molar-refractivity contribution in [1.82, 2.24) is 9.80 Å². The first-order chi connectivity index (χ1) is 21.2. The smallest absolute Gasteiger partial charge is 0.255 e. The van der Waals surface area contributed by atoms with Gasteiger partial charge < -0.3 is 37.6 Å². The maximum Gasteiger partial charge on any atom is 0.255 e. The summed E-state index contributed by atoms with van der Waals surface area (Å²) in [6.07, 6.45) is 1.69. The first-order valence-electron chi connectivity index (χ1n) is 15.6. The molecule has 10 N–H and O–H groups in total. The minimum atomic E-state index is -2.81. The van der Waals surface area contributed by atoms with Gasteiger partial charge in [-0.25, -0.2) is 4.39 Å². The molecular formula is C32H44FN5O7. The average molecular weight is 630 g/mol. The van der Waals surface area contributed by atoms with Gasteiger partial charge in [0.1, 0.15) is 28.7 Å². The zero-order valence-corrected chi connectivity index (χ0v) is 25.9. The first-order valence-corrected chi connectivity index (χ1v) is 15.6. The Labute approximate surface area is 261 Å². The largest absolute Gasteiger partial charge is 0.508 e. The fourth-order valence-corrected chi connectivity index (χ4v) is 8.16. The lowest BCUT2D eigenvalue weighted by molar-refractivity contribution is -0.156. The Morgan fingerprint density at radius 2 is 1.82 bits per heavy atom. The Hall–Kier alpha value is -3.36. The number of aliphatic hydroxyl groups is 3. The van der Waals surface area contributed by atoms with Gasteiger partial charge in [0.25, 0.3) is 5.91 Å². The third-order valence-electron chi connectivity index (χ3n) is 10.4. The number of nitrogens with zero attached hydrogens (tertiary/aromatic N) is 2. The molecule has 0 bridgehead atoms. The van der Waals surface area contributed by atoms with Crippen LogP contribution in [0.4, 0.5) is 4.39 Å². The van der Waals surface area contributed by atoms with Gasteiger partial charge >= 0.3 is 0 Å². The van der Waals surface area contributed by atoms with Gasteiger partial charge in [-0.3, -0.25) is 24.2 Å². The van der Waals surface area contributed by atoms with Crippen molar-refractivity contribution in [3.05, 3.63) is 45.5 Å². The molecule has 0 aromatic heterocycles. The summed E-state index contributed by atoms with van der Waals surface area (Å²) in [7, 11) is 0. The van der Waals surface area contributed by atoms with Crippen LogP contribution in [-0.4, -0.2) is 91.7 Å². The molecule has 0 unspecified atom stereocenters. The number of likely N-dealkylation sites (tertiary alicyclic amines) is 1. The fraction of sp³-hybridized carbons (Fsp3) is 0.594. The Bertz CT molecular complexity index is 1480. The van der Waals surface area contributed by atoms with E-state index in [2.05, 4.69) is 11.8 Å². The zero-order chi connectivity index (χ0) is 33.1. The van der Waals surface area contributed by atoms with Gasteiger partial charge in [-0.05, 0) is 63.5 Å². The highest BCUT2D eigenvalue weighted by molar-refractivity contribution is 6.24. The number of carbonyl (C=O) groups is 3. The van der Waals surface area contributed by atoms with E-state index in [1.54, 1.807) is 13.8 Å². The molecule has 12 nitrogen and oxygen atoms in total. The number of hydrogen-bond acceptors (Lipinski definition) is 11. The van der Waals surface area contributed by atoms with Gasteiger partial charge in [0, 0.05) is 55.0 Å². The van der Waals surface area contributed by atoms with Crippen molar-refractivity contribution < 1.29 is 39.2 Å². The summed E-state index contributed by atoms with van der Waals surface area (Å²) in [6.45, 7) is 7.57. The summed E-state index contributed by atoms with van der Waals surface area (Å²) in [4.78, 5) is 43.7. The summed E-state index contributed by atoms with van der Waals surface area (Å²) >= 11 is 0. The van der Waals surface area contributed by atoms with Gasteiger partial charge in [-0.2, -0.15) is 0 Å². The van der Waals surface area contributed by atoms with E-state index in [0.29, 0.717) is 19.0 Å². The van der Waals surface area contributed by atoms with Crippen LogP contribution in [0.5, 0.6) is 5.75 Å². The monoisotopic (exact) mass is 629 g/mol. The second-order valence-corrected chi connectivity index (χ2v) is 13.3. The number of rotatable bonds is 8. The number of primary amides is 1. The number of nitrogens with two attached hydrogens (primary N) is 3. The Balaban J connectivity index is 1.60. The lowest BCUT2D eigenvalue weighted by Gasteiger charge is -2.51. The number of aliphatic hydroxyl groups excluding tert-OH is 2. The van der Waals surface area contributed by atoms with Crippen LogP contribution in [0.15, 0.2) is 23.0 Å². The molecule has 1 heterocycles. The van der Waals surface area contributed by atoms with E-state index >= 15 is 4.39 Å². The van der Waals surface area contributed by atoms with Crippen molar-refractivity contribution >= 4 is 23.2 Å². The zero-order valence-electron chi connectivity index (χ0n) is 25.9. The van der Waals surface area contributed by atoms with E-state index in [4.69, 9.17) is 17.2 Å². The van der Waals surface area contributed by atoms with Gasteiger partial charge in [0.2, 0.25) is 5.78 Å².